The summed E-state index contributed by atoms with van der Waals surface area (Å²) in [5.41, 5.74) is 0. The fourth-order valence-electron chi connectivity index (χ4n) is 9.90. The van der Waals surface area contributed by atoms with Gasteiger partial charge in [-0.1, -0.05) is 308 Å². The van der Waals surface area contributed by atoms with E-state index in [1.54, 1.807) is 0 Å². The van der Waals surface area contributed by atoms with Gasteiger partial charge in [0.1, 0.15) is 13.2 Å². The summed E-state index contributed by atoms with van der Waals surface area (Å²) in [6.45, 7) is 6.67. The van der Waals surface area contributed by atoms with E-state index >= 15 is 0 Å². The fourth-order valence-corrected chi connectivity index (χ4v) is 9.90. The first-order valence-electron chi connectivity index (χ1n) is 33.0. The van der Waals surface area contributed by atoms with E-state index < -0.39 is 6.10 Å². The molecule has 6 heteroatoms. The summed E-state index contributed by atoms with van der Waals surface area (Å²) in [6, 6.07) is 0. The number of carbonyl (C=O) groups is 3. The first kappa shape index (κ1) is 71.6. The van der Waals surface area contributed by atoms with E-state index in [2.05, 4.69) is 57.2 Å². The molecular formula is C68H126O6. The second-order valence-electron chi connectivity index (χ2n) is 22.4. The molecule has 0 heterocycles. The van der Waals surface area contributed by atoms with Gasteiger partial charge in [-0.25, -0.2) is 0 Å². The van der Waals surface area contributed by atoms with Crippen LogP contribution in [0.15, 0.2) is 36.5 Å². The maximum atomic E-state index is 12.9. The molecule has 6 nitrogen and oxygen atoms in total. The average Bonchev–Trinajstić information content (AvgIpc) is 3.40. The Labute approximate surface area is 461 Å². The van der Waals surface area contributed by atoms with Crippen LogP contribution in [0, 0.1) is 0 Å². The lowest BCUT2D eigenvalue weighted by Gasteiger charge is -2.18. The van der Waals surface area contributed by atoms with Crippen molar-refractivity contribution in [1.82, 2.24) is 0 Å². The summed E-state index contributed by atoms with van der Waals surface area (Å²) in [7, 11) is 0. The van der Waals surface area contributed by atoms with Crippen molar-refractivity contribution in [1.29, 1.82) is 0 Å². The first-order chi connectivity index (χ1) is 36.5. The molecule has 0 radical (unpaired) electrons. The summed E-state index contributed by atoms with van der Waals surface area (Å²) in [5, 5.41) is 0. The molecule has 0 aromatic carbocycles. The Morgan fingerprint density at radius 2 is 0.486 bits per heavy atom. The SMILES string of the molecule is CCCCC/C=C\C=C/CCCCCCCCCCCCC(=O)OCC(COC(=O)CCCCCCC/C=C\CCCCCCCCCCC)OC(=O)CCCCCCCCCCCCCCCCCCCCC. The number of hydrogen-bond acceptors (Lipinski definition) is 6. The van der Waals surface area contributed by atoms with Crippen molar-refractivity contribution in [2.24, 2.45) is 0 Å². The highest BCUT2D eigenvalue weighted by Crippen LogP contribution is 2.18. The molecule has 0 saturated heterocycles. The van der Waals surface area contributed by atoms with Crippen molar-refractivity contribution >= 4 is 17.9 Å². The van der Waals surface area contributed by atoms with Crippen LogP contribution in [0.5, 0.6) is 0 Å². The molecule has 0 rings (SSSR count). The largest absolute Gasteiger partial charge is 0.462 e. The minimum absolute atomic E-state index is 0.0723. The third kappa shape index (κ3) is 60.5. The zero-order valence-electron chi connectivity index (χ0n) is 49.9. The third-order valence-corrected chi connectivity index (χ3v) is 14.9. The van der Waals surface area contributed by atoms with Crippen LogP contribution in [0.4, 0.5) is 0 Å². The van der Waals surface area contributed by atoms with Gasteiger partial charge in [-0.05, 0) is 70.6 Å². The Balaban J connectivity index is 4.34. The van der Waals surface area contributed by atoms with Crippen molar-refractivity contribution in [3.63, 3.8) is 0 Å². The lowest BCUT2D eigenvalue weighted by molar-refractivity contribution is -0.167. The van der Waals surface area contributed by atoms with E-state index in [0.29, 0.717) is 19.3 Å². The van der Waals surface area contributed by atoms with Crippen LogP contribution in [0.25, 0.3) is 0 Å². The van der Waals surface area contributed by atoms with Gasteiger partial charge in [-0.15, -0.1) is 0 Å². The zero-order chi connectivity index (χ0) is 53.6. The highest BCUT2D eigenvalue weighted by Gasteiger charge is 2.19. The van der Waals surface area contributed by atoms with Gasteiger partial charge in [0.05, 0.1) is 0 Å². The molecule has 0 aliphatic heterocycles. The van der Waals surface area contributed by atoms with E-state index in [-0.39, 0.29) is 31.1 Å². The van der Waals surface area contributed by atoms with Crippen LogP contribution in [0.2, 0.25) is 0 Å². The molecule has 0 aliphatic rings. The minimum Gasteiger partial charge on any atom is -0.462 e. The molecule has 0 amide bonds. The Hall–Kier alpha value is -2.37. The van der Waals surface area contributed by atoms with Gasteiger partial charge >= 0.3 is 17.9 Å². The van der Waals surface area contributed by atoms with Crippen molar-refractivity contribution in [2.45, 2.75) is 367 Å². The molecule has 1 unspecified atom stereocenters. The summed E-state index contributed by atoms with van der Waals surface area (Å²) >= 11 is 0. The van der Waals surface area contributed by atoms with Crippen LogP contribution in [-0.4, -0.2) is 37.2 Å². The summed E-state index contributed by atoms with van der Waals surface area (Å²) < 4.78 is 17.0. The monoisotopic (exact) mass is 1040 g/mol. The van der Waals surface area contributed by atoms with Gasteiger partial charge in [0.25, 0.3) is 0 Å². The third-order valence-electron chi connectivity index (χ3n) is 14.9. The zero-order valence-corrected chi connectivity index (χ0v) is 49.9. The molecule has 0 saturated carbocycles. The lowest BCUT2D eigenvalue weighted by Crippen LogP contribution is -2.30. The fraction of sp³-hybridized carbons (Fsp3) is 0.868. The Morgan fingerprint density at radius 1 is 0.270 bits per heavy atom. The molecule has 434 valence electrons. The smallest absolute Gasteiger partial charge is 0.306 e. The van der Waals surface area contributed by atoms with Gasteiger partial charge < -0.3 is 14.2 Å². The quantitative estimate of drug-likeness (QED) is 0.0199. The van der Waals surface area contributed by atoms with Crippen molar-refractivity contribution in [3.8, 4) is 0 Å². The van der Waals surface area contributed by atoms with Crippen LogP contribution < -0.4 is 0 Å². The van der Waals surface area contributed by atoms with Crippen LogP contribution >= 0.6 is 0 Å². The van der Waals surface area contributed by atoms with Crippen LogP contribution in [0.3, 0.4) is 0 Å². The first-order valence-corrected chi connectivity index (χ1v) is 33.0. The van der Waals surface area contributed by atoms with Gasteiger partial charge in [0.2, 0.25) is 0 Å². The molecule has 0 fully saturated rings. The maximum Gasteiger partial charge on any atom is 0.306 e. The Morgan fingerprint density at radius 3 is 0.784 bits per heavy atom. The maximum absolute atomic E-state index is 12.9. The summed E-state index contributed by atoms with van der Waals surface area (Å²) in [5.74, 6) is -0.857. The van der Waals surface area contributed by atoms with Gasteiger partial charge in [0, 0.05) is 19.3 Å². The van der Waals surface area contributed by atoms with Gasteiger partial charge in [-0.2, -0.15) is 0 Å². The molecule has 0 spiro atoms. The number of unbranched alkanes of at least 4 members (excludes halogenated alkanes) is 45. The normalized spacial score (nSPS) is 12.2. The lowest BCUT2D eigenvalue weighted by atomic mass is 10.0. The van der Waals surface area contributed by atoms with E-state index in [1.807, 2.05) is 0 Å². The number of carbonyl (C=O) groups excluding carboxylic acids is 3. The van der Waals surface area contributed by atoms with E-state index in [0.717, 1.165) is 64.2 Å². The number of esters is 3. The molecule has 0 aliphatic carbocycles. The Bertz CT molecular complexity index is 1240. The van der Waals surface area contributed by atoms with Crippen LogP contribution in [-0.2, 0) is 28.6 Å². The molecule has 0 N–H and O–H groups in total. The molecule has 0 bridgehead atoms. The van der Waals surface area contributed by atoms with E-state index in [9.17, 15) is 14.4 Å². The van der Waals surface area contributed by atoms with Crippen LogP contribution in [0.1, 0.15) is 361 Å². The number of rotatable bonds is 61. The highest BCUT2D eigenvalue weighted by atomic mass is 16.6. The van der Waals surface area contributed by atoms with Gasteiger partial charge in [0.15, 0.2) is 6.10 Å². The average molecular weight is 1040 g/mol. The number of hydrogen-bond donors (Lipinski definition) is 0. The molecule has 74 heavy (non-hydrogen) atoms. The second kappa shape index (κ2) is 63.2. The summed E-state index contributed by atoms with van der Waals surface area (Å²) in [4.78, 5) is 38.4. The van der Waals surface area contributed by atoms with Crippen molar-refractivity contribution in [3.05, 3.63) is 36.5 Å². The Kier molecular flexibility index (Phi) is 61.1. The number of allylic oxidation sites excluding steroid dienone is 6. The highest BCUT2D eigenvalue weighted by molar-refractivity contribution is 5.71. The molecule has 1 atom stereocenters. The summed E-state index contributed by atoms with van der Waals surface area (Å²) in [6.07, 6.45) is 77.2. The predicted molar refractivity (Wildman–Crippen MR) is 321 cm³/mol. The molecule has 0 aromatic heterocycles. The number of ether oxygens (including phenoxy) is 3. The van der Waals surface area contributed by atoms with Crippen molar-refractivity contribution in [2.75, 3.05) is 13.2 Å². The van der Waals surface area contributed by atoms with E-state index in [4.69, 9.17) is 14.2 Å². The minimum atomic E-state index is -0.775. The van der Waals surface area contributed by atoms with Crippen molar-refractivity contribution < 1.29 is 28.6 Å². The van der Waals surface area contributed by atoms with E-state index in [1.165, 1.54) is 257 Å². The molecule has 0 aromatic rings. The standard InChI is InChI=1S/C68H126O6/c1-4-7-10-13-16-19-22-25-28-31-34-37-40-43-46-49-52-55-58-61-67(70)73-64-65(63-72-66(69)60-57-54-51-48-45-42-39-36-33-30-27-24-21-18-15-12-9-6-3)74-68(71)62-59-56-53-50-47-44-41-38-35-32-29-26-23-20-17-14-11-8-5-2/h16,19,22,25,36,39,65H,4-15,17-18,20-21,23-24,26-35,37-38,40-64H2,1-3H3/b19-16-,25-22-,39-36-. The topological polar surface area (TPSA) is 78.9 Å². The second-order valence-corrected chi connectivity index (χ2v) is 22.4. The molecular weight excluding hydrogens is 913 g/mol. The predicted octanol–water partition coefficient (Wildman–Crippen LogP) is 22.4. The van der Waals surface area contributed by atoms with Gasteiger partial charge in [-0.3, -0.25) is 14.4 Å².